The maximum absolute atomic E-state index is 5.23. The van der Waals surface area contributed by atoms with E-state index in [0.717, 1.165) is 32.6 Å². The van der Waals surface area contributed by atoms with Gasteiger partial charge in [0.1, 0.15) is 0 Å². The first-order valence-electron chi connectivity index (χ1n) is 12.1. The van der Waals surface area contributed by atoms with E-state index in [1.165, 1.54) is 0 Å². The predicted molar refractivity (Wildman–Crippen MR) is 150 cm³/mol. The summed E-state index contributed by atoms with van der Waals surface area (Å²) < 4.78 is 0.740. The number of hydrogen-bond acceptors (Lipinski definition) is 1. The van der Waals surface area contributed by atoms with Crippen LogP contribution < -0.4 is 5.32 Å². The molecule has 0 aliphatic carbocycles. The van der Waals surface area contributed by atoms with Crippen LogP contribution in [0.1, 0.15) is 33.9 Å². The number of amidine groups is 1. The van der Waals surface area contributed by atoms with Gasteiger partial charge in [0.25, 0.3) is 0 Å². The van der Waals surface area contributed by atoms with E-state index in [0.29, 0.717) is 0 Å². The van der Waals surface area contributed by atoms with Crippen LogP contribution in [0.15, 0.2) is 157 Å². The molecule has 5 aromatic rings. The van der Waals surface area contributed by atoms with Crippen molar-refractivity contribution in [2.24, 2.45) is 4.99 Å². The van der Waals surface area contributed by atoms with Crippen molar-refractivity contribution in [3.05, 3.63) is 179 Å². The van der Waals surface area contributed by atoms with E-state index in [4.69, 9.17) is 4.99 Å². The Balaban J connectivity index is 1.67. The molecule has 0 spiro atoms. The van der Waals surface area contributed by atoms with Gasteiger partial charge in [-0.3, -0.25) is 0 Å². The second kappa shape index (κ2) is 11.2. The molecule has 0 amide bonds. The Bertz CT molecular complexity index is 1250. The molecule has 0 unspecified atom stereocenters. The van der Waals surface area contributed by atoms with Gasteiger partial charge < -0.3 is 0 Å². The minimum absolute atomic E-state index is 0.142. The van der Waals surface area contributed by atoms with Crippen molar-refractivity contribution in [3.8, 4) is 0 Å². The van der Waals surface area contributed by atoms with E-state index < -0.39 is 5.54 Å². The molecule has 0 heterocycles. The molecule has 5 aromatic carbocycles. The predicted octanol–water partition coefficient (Wildman–Crippen LogP) is 6.88. The van der Waals surface area contributed by atoms with Crippen molar-refractivity contribution in [1.29, 1.82) is 0 Å². The van der Waals surface area contributed by atoms with Crippen molar-refractivity contribution >= 4 is 20.7 Å². The molecule has 0 saturated heterocycles. The molecule has 36 heavy (non-hydrogen) atoms. The van der Waals surface area contributed by atoms with E-state index >= 15 is 0 Å². The molecule has 0 atom stereocenters. The van der Waals surface area contributed by atoms with E-state index in [2.05, 4.69) is 161 Å². The molecule has 0 fully saturated rings. The van der Waals surface area contributed by atoms with E-state index in [1.807, 2.05) is 12.1 Å². The average molecular weight is 531 g/mol. The Morgan fingerprint density at radius 1 is 0.500 bits per heavy atom. The monoisotopic (exact) mass is 531 g/mol. The summed E-state index contributed by atoms with van der Waals surface area (Å²) in [5, 5.41) is 3.84. The molecule has 2 nitrogen and oxygen atoms in total. The zero-order valence-corrected chi connectivity index (χ0v) is 21.6. The number of aliphatic imine (C=N–C) groups is 1. The maximum atomic E-state index is 5.23. The normalized spacial score (nSPS) is 11.9. The van der Waals surface area contributed by atoms with Crippen LogP contribution in [0.2, 0.25) is 0 Å². The third-order valence-electron chi connectivity index (χ3n) is 6.39. The van der Waals surface area contributed by atoms with Crippen LogP contribution in [0.25, 0.3) is 0 Å². The van der Waals surface area contributed by atoms with Gasteiger partial charge in [-0.2, -0.15) is 0 Å². The van der Waals surface area contributed by atoms with E-state index in [1.54, 1.807) is 0 Å². The second-order valence-corrected chi connectivity index (χ2v) is 9.44. The standard InChI is InChI=1S/C33H27N2Se/c36-32(34-31(26-16-6-1-7-17-26)27-18-8-2-9-19-27)35-33(28-20-10-3-11-21-28,29-22-12-4-13-23-29)30-24-14-5-15-25-30/h1-25,31H,(H,34,35). The van der Waals surface area contributed by atoms with Crippen LogP contribution in [-0.2, 0) is 5.54 Å². The topological polar surface area (TPSA) is 24.4 Å². The zero-order chi connectivity index (χ0) is 24.6. The molecule has 0 saturated carbocycles. The number of benzene rings is 5. The second-order valence-electron chi connectivity index (χ2n) is 8.63. The summed E-state index contributed by atoms with van der Waals surface area (Å²) in [6.07, 6.45) is 0. The van der Waals surface area contributed by atoms with Crippen LogP contribution in [0.5, 0.6) is 0 Å². The first kappa shape index (κ1) is 23.8. The summed E-state index contributed by atoms with van der Waals surface area (Å²) >= 11 is 3.25. The van der Waals surface area contributed by atoms with Crippen molar-refractivity contribution in [3.63, 3.8) is 0 Å². The van der Waals surface area contributed by atoms with Crippen LogP contribution in [-0.4, -0.2) is 20.7 Å². The number of hydrogen-bond donors (Lipinski definition) is 1. The molecule has 0 aliphatic heterocycles. The number of nitrogens with one attached hydrogen (secondary N) is 1. The summed E-state index contributed by atoms with van der Waals surface area (Å²) in [6.45, 7) is 0. The Morgan fingerprint density at radius 3 is 1.14 bits per heavy atom. The molecular weight excluding hydrogens is 503 g/mol. The Hall–Kier alpha value is -3.91. The minimum atomic E-state index is -0.633. The molecule has 5 rings (SSSR count). The van der Waals surface area contributed by atoms with Crippen molar-refractivity contribution < 1.29 is 0 Å². The summed E-state index contributed by atoms with van der Waals surface area (Å²) in [5.41, 5.74) is 5.07. The third-order valence-corrected chi connectivity index (χ3v) is 6.83. The summed E-state index contributed by atoms with van der Waals surface area (Å²) in [6, 6.07) is 52.5. The summed E-state index contributed by atoms with van der Waals surface area (Å²) in [7, 11) is 0. The summed E-state index contributed by atoms with van der Waals surface area (Å²) in [4.78, 5) is 5.23. The van der Waals surface area contributed by atoms with Crippen LogP contribution >= 0.6 is 0 Å². The molecule has 1 radical (unpaired) electrons. The van der Waals surface area contributed by atoms with Gasteiger partial charge in [-0.15, -0.1) is 0 Å². The Labute approximate surface area is 221 Å². The van der Waals surface area contributed by atoms with Crippen LogP contribution in [0.4, 0.5) is 0 Å². The Morgan fingerprint density at radius 2 is 0.806 bits per heavy atom. The third kappa shape index (κ3) is 5.04. The van der Waals surface area contributed by atoms with Gasteiger partial charge in [0.05, 0.1) is 0 Å². The van der Waals surface area contributed by atoms with Gasteiger partial charge in [0.2, 0.25) is 0 Å². The van der Waals surface area contributed by atoms with E-state index in [-0.39, 0.29) is 6.04 Å². The van der Waals surface area contributed by atoms with Gasteiger partial charge in [-0.1, -0.05) is 0 Å². The Kier molecular flexibility index (Phi) is 7.42. The first-order chi connectivity index (χ1) is 17.8. The average Bonchev–Trinajstić information content (AvgIpc) is 2.97. The van der Waals surface area contributed by atoms with Gasteiger partial charge >= 0.3 is 222 Å². The van der Waals surface area contributed by atoms with Gasteiger partial charge in [-0.05, 0) is 0 Å². The number of rotatable bonds is 7. The van der Waals surface area contributed by atoms with Crippen molar-refractivity contribution in [2.45, 2.75) is 11.6 Å². The quantitative estimate of drug-likeness (QED) is 0.105. The van der Waals surface area contributed by atoms with Gasteiger partial charge in [-0.25, -0.2) is 0 Å². The molecule has 0 aliphatic rings. The van der Waals surface area contributed by atoms with E-state index in [9.17, 15) is 0 Å². The molecule has 0 aromatic heterocycles. The number of nitrogens with zero attached hydrogens (tertiary/aromatic N) is 1. The molecule has 175 valence electrons. The van der Waals surface area contributed by atoms with Crippen molar-refractivity contribution in [1.82, 2.24) is 5.32 Å². The SMILES string of the molecule is [Se]C(=NC(c1ccccc1)c1ccccc1)NC(c1ccccc1)(c1ccccc1)c1ccccc1. The fourth-order valence-electron chi connectivity index (χ4n) is 4.70. The molecule has 0 bridgehead atoms. The summed E-state index contributed by atoms with van der Waals surface area (Å²) in [5.74, 6) is 0. The van der Waals surface area contributed by atoms with Crippen LogP contribution in [0, 0.1) is 0 Å². The van der Waals surface area contributed by atoms with Gasteiger partial charge in [0, 0.05) is 0 Å². The molecule has 1 N–H and O–H groups in total. The zero-order valence-electron chi connectivity index (χ0n) is 19.9. The molecule has 3 heteroatoms. The van der Waals surface area contributed by atoms with Crippen molar-refractivity contribution in [2.75, 3.05) is 0 Å². The fraction of sp³-hybridized carbons (Fsp3) is 0.0606. The van der Waals surface area contributed by atoms with Crippen LogP contribution in [0.3, 0.4) is 0 Å². The fourth-order valence-corrected chi connectivity index (χ4v) is 5.25. The molecular formula is C33H27N2Se. The first-order valence-corrected chi connectivity index (χ1v) is 12.9. The van der Waals surface area contributed by atoms with Gasteiger partial charge in [0.15, 0.2) is 0 Å².